The second kappa shape index (κ2) is 9.27. The first-order valence-corrected chi connectivity index (χ1v) is 10.9. The number of rotatable bonds is 7. The molecule has 10 nitrogen and oxygen atoms in total. The highest BCUT2D eigenvalue weighted by atomic mass is 32.2. The molecular weight excluding hydrogens is 489 g/mol. The number of aliphatic carboxylic acids is 2. The summed E-state index contributed by atoms with van der Waals surface area (Å²) in [5, 5.41) is 21.5. The van der Waals surface area contributed by atoms with Crippen molar-refractivity contribution in [2.24, 2.45) is 0 Å². The second-order valence-corrected chi connectivity index (χ2v) is 8.70. The van der Waals surface area contributed by atoms with Crippen molar-refractivity contribution in [1.82, 2.24) is 15.2 Å². The van der Waals surface area contributed by atoms with Crippen molar-refractivity contribution in [1.29, 1.82) is 0 Å². The molecular formula is C18H15F3N4O6S2. The zero-order chi connectivity index (χ0) is 24.5. The van der Waals surface area contributed by atoms with Crippen molar-refractivity contribution in [2.75, 3.05) is 11.5 Å². The van der Waals surface area contributed by atoms with E-state index in [1.807, 2.05) is 0 Å². The van der Waals surface area contributed by atoms with Gasteiger partial charge in [0.2, 0.25) is 0 Å². The van der Waals surface area contributed by atoms with Crippen molar-refractivity contribution in [2.45, 2.75) is 24.0 Å². The molecule has 0 spiro atoms. The van der Waals surface area contributed by atoms with Gasteiger partial charge in [0.25, 0.3) is 11.8 Å². The Labute approximate surface area is 191 Å². The van der Waals surface area contributed by atoms with E-state index < -0.39 is 53.5 Å². The summed E-state index contributed by atoms with van der Waals surface area (Å²) in [6, 6.07) is -1.17. The highest BCUT2D eigenvalue weighted by molar-refractivity contribution is 8.00. The smallest absolute Gasteiger partial charge is 0.409 e. The van der Waals surface area contributed by atoms with Crippen LogP contribution in [0.25, 0.3) is 5.57 Å². The molecule has 0 aromatic carbocycles. The molecule has 1 fully saturated rings. The van der Waals surface area contributed by atoms with Crippen LogP contribution in [0.4, 0.5) is 18.3 Å². The number of aromatic nitrogens is 1. The average Bonchev–Trinajstić information content (AvgIpc) is 3.14. The van der Waals surface area contributed by atoms with Gasteiger partial charge in [0, 0.05) is 17.2 Å². The number of carbonyl (C=O) groups excluding carboxylic acids is 2. The van der Waals surface area contributed by atoms with Crippen LogP contribution >= 0.6 is 23.1 Å². The van der Waals surface area contributed by atoms with Crippen LogP contribution in [0.2, 0.25) is 0 Å². The lowest BCUT2D eigenvalue weighted by molar-refractivity contribution is -0.150. The first-order valence-electron chi connectivity index (χ1n) is 9.00. The third-order valence-electron chi connectivity index (χ3n) is 4.48. The molecule has 2 aliphatic heterocycles. The summed E-state index contributed by atoms with van der Waals surface area (Å²) in [6.07, 6.45) is -3.58. The van der Waals surface area contributed by atoms with E-state index in [0.717, 1.165) is 34.1 Å². The van der Waals surface area contributed by atoms with Gasteiger partial charge in [-0.05, 0) is 5.57 Å². The fourth-order valence-electron chi connectivity index (χ4n) is 3.10. The van der Waals surface area contributed by atoms with Crippen LogP contribution in [0, 0.1) is 0 Å². The second-order valence-electron chi connectivity index (χ2n) is 6.70. The number of carbonyl (C=O) groups is 4. The van der Waals surface area contributed by atoms with E-state index in [9.17, 15) is 37.5 Å². The summed E-state index contributed by atoms with van der Waals surface area (Å²) in [4.78, 5) is 52.7. The maximum Gasteiger partial charge on any atom is 0.409 e. The molecule has 0 saturated carbocycles. The number of alkyl halides is 3. The Morgan fingerprint density at radius 2 is 2.03 bits per heavy atom. The molecule has 2 aliphatic rings. The van der Waals surface area contributed by atoms with Gasteiger partial charge in [0.05, 0.1) is 17.7 Å². The Bertz CT molecular complexity index is 1110. The summed E-state index contributed by atoms with van der Waals surface area (Å²) in [5.41, 5.74) is 4.73. The third kappa shape index (κ3) is 5.36. The minimum absolute atomic E-state index is 0.0990. The van der Waals surface area contributed by atoms with Gasteiger partial charge < -0.3 is 21.3 Å². The topological polar surface area (TPSA) is 163 Å². The fraction of sp³-hybridized carbons (Fsp3) is 0.278. The number of amides is 2. The van der Waals surface area contributed by atoms with E-state index in [2.05, 4.69) is 10.3 Å². The van der Waals surface area contributed by atoms with Crippen molar-refractivity contribution < 1.29 is 42.6 Å². The van der Waals surface area contributed by atoms with E-state index >= 15 is 0 Å². The fourth-order valence-corrected chi connectivity index (χ4v) is 4.98. The molecule has 2 atom stereocenters. The number of hydrogen-bond acceptors (Lipinski definition) is 8. The van der Waals surface area contributed by atoms with E-state index in [1.165, 1.54) is 5.38 Å². The third-order valence-corrected chi connectivity index (χ3v) is 6.46. The Morgan fingerprint density at radius 3 is 2.58 bits per heavy atom. The molecule has 0 bridgehead atoms. The highest BCUT2D eigenvalue weighted by Crippen LogP contribution is 2.41. The van der Waals surface area contributed by atoms with E-state index in [-0.39, 0.29) is 33.8 Å². The zero-order valence-electron chi connectivity index (χ0n) is 16.3. The predicted molar refractivity (Wildman–Crippen MR) is 112 cm³/mol. The van der Waals surface area contributed by atoms with Gasteiger partial charge in [-0.15, -0.1) is 23.1 Å². The summed E-state index contributed by atoms with van der Waals surface area (Å²) in [7, 11) is 0. The summed E-state index contributed by atoms with van der Waals surface area (Å²) in [6.45, 7) is 0. The Hall–Kier alpha value is -3.33. The van der Waals surface area contributed by atoms with Crippen molar-refractivity contribution >= 4 is 57.6 Å². The average molecular weight is 504 g/mol. The number of thiazole rings is 1. The Morgan fingerprint density at radius 1 is 1.33 bits per heavy atom. The minimum Gasteiger partial charge on any atom is -0.481 e. The Kier molecular flexibility index (Phi) is 6.83. The van der Waals surface area contributed by atoms with Gasteiger partial charge >= 0.3 is 18.1 Å². The first kappa shape index (κ1) is 24.3. The normalized spacial score (nSPS) is 21.1. The summed E-state index contributed by atoms with van der Waals surface area (Å²) < 4.78 is 37.5. The maximum absolute atomic E-state index is 12.8. The highest BCUT2D eigenvalue weighted by Gasteiger charge is 2.54. The molecule has 2 amide bonds. The molecule has 0 radical (unpaired) electrons. The van der Waals surface area contributed by atoms with Crippen molar-refractivity contribution in [3.05, 3.63) is 40.6 Å². The standard InChI is InChI=1S/C18H15F3N4O6S2/c19-18(20,21)4-3-7-5-32-15-11(14(29)25(15)12(7)16(30)31)24-13(28)8(1-2-10(26)27)9-6-33-17(22)23-9/h1,3-4,6,11,15H,2,5H2,(H2,22,23)(H,24,28)(H,26,27)(H,30,31)/t11-,15-/m1/s1. The van der Waals surface area contributed by atoms with Crippen molar-refractivity contribution in [3.63, 3.8) is 0 Å². The van der Waals surface area contributed by atoms with Crippen LogP contribution in [0.1, 0.15) is 12.1 Å². The SMILES string of the molecule is Nc1nc(C(=CCC(=O)O)C(=O)N[C@@H]2C(=O)N3C(C(=O)O)=C(C=CC(F)(F)F)CS[C@H]23)cs1. The van der Waals surface area contributed by atoms with E-state index in [0.29, 0.717) is 6.08 Å². The summed E-state index contributed by atoms with van der Waals surface area (Å²) >= 11 is 1.99. The number of fused-ring (bicyclic) bond motifs is 1. The van der Waals surface area contributed by atoms with Crippen molar-refractivity contribution in [3.8, 4) is 0 Å². The molecule has 33 heavy (non-hydrogen) atoms. The number of nitrogens with zero attached hydrogens (tertiary/aromatic N) is 2. The minimum atomic E-state index is -4.66. The Balaban J connectivity index is 1.82. The molecule has 0 unspecified atom stereocenters. The number of thioether (sulfide) groups is 1. The first-order chi connectivity index (χ1) is 15.4. The lowest BCUT2D eigenvalue weighted by Gasteiger charge is -2.49. The number of carboxylic acids is 2. The largest absolute Gasteiger partial charge is 0.481 e. The molecule has 176 valence electrons. The lowest BCUT2D eigenvalue weighted by atomic mass is 10.0. The number of β-lactam (4-membered cyclic amide) rings is 1. The van der Waals surface area contributed by atoms with Crippen LogP contribution < -0.4 is 11.1 Å². The molecule has 3 heterocycles. The van der Waals surface area contributed by atoms with E-state index in [4.69, 9.17) is 10.8 Å². The van der Waals surface area contributed by atoms with Gasteiger partial charge in [-0.1, -0.05) is 12.2 Å². The predicted octanol–water partition coefficient (Wildman–Crippen LogP) is 1.44. The molecule has 0 aliphatic carbocycles. The molecule has 3 rings (SSSR count). The molecule has 1 aromatic rings. The number of nitrogens with one attached hydrogen (secondary N) is 1. The number of nitrogen functional groups attached to an aromatic ring is 1. The summed E-state index contributed by atoms with van der Waals surface area (Å²) in [5.74, 6) is -4.59. The van der Waals surface area contributed by atoms with Crippen LogP contribution in [-0.4, -0.2) is 67.2 Å². The number of halogens is 3. The van der Waals surface area contributed by atoms with Gasteiger partial charge in [0.1, 0.15) is 17.1 Å². The van der Waals surface area contributed by atoms with E-state index in [1.54, 1.807) is 0 Å². The van der Waals surface area contributed by atoms with Crippen LogP contribution in [0.5, 0.6) is 0 Å². The van der Waals surface area contributed by atoms with Gasteiger partial charge in [-0.25, -0.2) is 9.78 Å². The number of hydrogen-bond donors (Lipinski definition) is 4. The van der Waals surface area contributed by atoms with Gasteiger partial charge in [0.15, 0.2) is 5.13 Å². The zero-order valence-corrected chi connectivity index (χ0v) is 18.0. The van der Waals surface area contributed by atoms with Crippen LogP contribution in [-0.2, 0) is 19.2 Å². The number of nitrogens with two attached hydrogens (primary N) is 1. The number of anilines is 1. The van der Waals surface area contributed by atoms with Crippen LogP contribution in [0.15, 0.2) is 34.9 Å². The van der Waals surface area contributed by atoms with Gasteiger partial charge in [-0.2, -0.15) is 13.2 Å². The number of allylic oxidation sites excluding steroid dienone is 2. The lowest BCUT2D eigenvalue weighted by Crippen LogP contribution is -2.70. The molecule has 15 heteroatoms. The number of carboxylic acid groups (broad SMARTS) is 2. The van der Waals surface area contributed by atoms with Gasteiger partial charge in [-0.3, -0.25) is 19.3 Å². The molecule has 1 saturated heterocycles. The molecule has 5 N–H and O–H groups in total. The molecule has 1 aromatic heterocycles. The maximum atomic E-state index is 12.8. The quantitative estimate of drug-likeness (QED) is 0.318. The van der Waals surface area contributed by atoms with Crippen LogP contribution in [0.3, 0.4) is 0 Å². The monoisotopic (exact) mass is 504 g/mol.